The van der Waals surface area contributed by atoms with Crippen LogP contribution < -0.4 is 11.1 Å². The van der Waals surface area contributed by atoms with Crippen molar-refractivity contribution in [1.29, 1.82) is 0 Å². The maximum Gasteiger partial charge on any atom is 0.253 e. The van der Waals surface area contributed by atoms with E-state index >= 15 is 0 Å². The van der Waals surface area contributed by atoms with Crippen molar-refractivity contribution < 1.29 is 4.79 Å². The normalized spacial score (nSPS) is 19.6. The van der Waals surface area contributed by atoms with Crippen LogP contribution >= 0.6 is 0 Å². The molecule has 2 rings (SSSR count). The zero-order valence-corrected chi connectivity index (χ0v) is 11.8. The van der Waals surface area contributed by atoms with Crippen LogP contribution in [0.3, 0.4) is 0 Å². The number of carbonyl (C=O) groups is 1. The molecule has 0 saturated carbocycles. The Morgan fingerprint density at radius 2 is 2.32 bits per heavy atom. The zero-order valence-electron chi connectivity index (χ0n) is 11.8. The molecule has 1 heterocycles. The van der Waals surface area contributed by atoms with E-state index in [0.717, 1.165) is 38.2 Å². The second kappa shape index (κ2) is 6.06. The molecular weight excluding hydrogens is 238 g/mol. The lowest BCUT2D eigenvalue weighted by molar-refractivity contribution is 0.0948. The summed E-state index contributed by atoms with van der Waals surface area (Å²) in [4.78, 5) is 14.5. The second-order valence-electron chi connectivity index (χ2n) is 5.35. The van der Waals surface area contributed by atoms with E-state index in [1.54, 1.807) is 6.07 Å². The first-order valence-electron chi connectivity index (χ1n) is 6.96. The standard InChI is InChI=1S/C15H23N3O/c1-3-18-7-6-12(10-18)9-17-15(19)13-8-11(2)4-5-14(13)16/h4-5,8,12H,3,6-7,9-10,16H2,1-2H3,(H,17,19). The highest BCUT2D eigenvalue weighted by molar-refractivity contribution is 5.99. The summed E-state index contributed by atoms with van der Waals surface area (Å²) in [6, 6.07) is 5.55. The van der Waals surface area contributed by atoms with Crippen molar-refractivity contribution >= 4 is 11.6 Å². The second-order valence-corrected chi connectivity index (χ2v) is 5.35. The number of hydrogen-bond donors (Lipinski definition) is 2. The summed E-state index contributed by atoms with van der Waals surface area (Å²) in [5.74, 6) is 0.506. The largest absolute Gasteiger partial charge is 0.398 e. The molecule has 0 aromatic heterocycles. The van der Waals surface area contributed by atoms with Gasteiger partial charge in [0.05, 0.1) is 5.56 Å². The Hall–Kier alpha value is -1.55. The van der Waals surface area contributed by atoms with Gasteiger partial charge in [0.15, 0.2) is 0 Å². The number of anilines is 1. The van der Waals surface area contributed by atoms with E-state index in [1.807, 2.05) is 19.1 Å². The summed E-state index contributed by atoms with van der Waals surface area (Å²) in [5, 5.41) is 3.01. The van der Waals surface area contributed by atoms with Crippen molar-refractivity contribution in [2.75, 3.05) is 31.9 Å². The first-order chi connectivity index (χ1) is 9.10. The van der Waals surface area contributed by atoms with Crippen LogP contribution in [0, 0.1) is 12.8 Å². The molecule has 1 aromatic rings. The third-order valence-corrected chi connectivity index (χ3v) is 3.82. The third kappa shape index (κ3) is 3.47. The van der Waals surface area contributed by atoms with Crippen LogP contribution in [0.4, 0.5) is 5.69 Å². The predicted molar refractivity (Wildman–Crippen MR) is 78.1 cm³/mol. The fourth-order valence-corrected chi connectivity index (χ4v) is 2.57. The fourth-order valence-electron chi connectivity index (χ4n) is 2.57. The molecule has 1 fully saturated rings. The van der Waals surface area contributed by atoms with Gasteiger partial charge in [0, 0.05) is 18.8 Å². The molecule has 1 aliphatic rings. The van der Waals surface area contributed by atoms with Crippen LogP contribution in [0.5, 0.6) is 0 Å². The molecule has 104 valence electrons. The number of nitrogens with zero attached hydrogens (tertiary/aromatic N) is 1. The summed E-state index contributed by atoms with van der Waals surface area (Å²) in [6.45, 7) is 8.20. The number of nitrogen functional groups attached to an aromatic ring is 1. The van der Waals surface area contributed by atoms with Gasteiger partial charge in [0.25, 0.3) is 5.91 Å². The van der Waals surface area contributed by atoms with Crippen molar-refractivity contribution in [1.82, 2.24) is 10.2 Å². The Bertz CT molecular complexity index is 459. The number of rotatable bonds is 4. The van der Waals surface area contributed by atoms with Crippen LogP contribution in [-0.4, -0.2) is 37.0 Å². The van der Waals surface area contributed by atoms with Crippen LogP contribution in [-0.2, 0) is 0 Å². The predicted octanol–water partition coefficient (Wildman–Crippen LogP) is 1.65. The van der Waals surface area contributed by atoms with E-state index < -0.39 is 0 Å². The molecule has 0 bridgehead atoms. The molecule has 0 aliphatic carbocycles. The minimum Gasteiger partial charge on any atom is -0.398 e. The van der Waals surface area contributed by atoms with Crippen LogP contribution in [0.1, 0.15) is 29.3 Å². The molecule has 1 atom stereocenters. The van der Waals surface area contributed by atoms with Gasteiger partial charge in [-0.25, -0.2) is 0 Å². The summed E-state index contributed by atoms with van der Waals surface area (Å²) in [5.41, 5.74) is 8.04. The molecule has 3 N–H and O–H groups in total. The number of hydrogen-bond acceptors (Lipinski definition) is 3. The minimum atomic E-state index is -0.0591. The molecule has 4 nitrogen and oxygen atoms in total. The number of carbonyl (C=O) groups excluding carboxylic acids is 1. The summed E-state index contributed by atoms with van der Waals surface area (Å²) >= 11 is 0. The third-order valence-electron chi connectivity index (χ3n) is 3.82. The van der Waals surface area contributed by atoms with Crippen LogP contribution in [0.2, 0.25) is 0 Å². The number of nitrogens with two attached hydrogens (primary N) is 1. The number of benzene rings is 1. The highest BCUT2D eigenvalue weighted by Crippen LogP contribution is 2.16. The zero-order chi connectivity index (χ0) is 13.8. The Kier molecular flexibility index (Phi) is 4.43. The lowest BCUT2D eigenvalue weighted by Gasteiger charge is -2.14. The smallest absolute Gasteiger partial charge is 0.253 e. The Morgan fingerprint density at radius 1 is 1.53 bits per heavy atom. The number of amides is 1. The van der Waals surface area contributed by atoms with E-state index in [4.69, 9.17) is 5.73 Å². The van der Waals surface area contributed by atoms with Gasteiger partial charge in [-0.05, 0) is 44.5 Å². The lowest BCUT2D eigenvalue weighted by atomic mass is 10.1. The topological polar surface area (TPSA) is 58.4 Å². The van der Waals surface area contributed by atoms with Gasteiger partial charge in [0.1, 0.15) is 0 Å². The fraction of sp³-hybridized carbons (Fsp3) is 0.533. The van der Waals surface area contributed by atoms with E-state index in [1.165, 1.54) is 0 Å². The first-order valence-corrected chi connectivity index (χ1v) is 6.96. The van der Waals surface area contributed by atoms with Crippen molar-refractivity contribution in [2.45, 2.75) is 20.3 Å². The van der Waals surface area contributed by atoms with Gasteiger partial charge >= 0.3 is 0 Å². The van der Waals surface area contributed by atoms with Gasteiger partial charge in [-0.15, -0.1) is 0 Å². The molecule has 0 spiro atoms. The number of nitrogens with one attached hydrogen (secondary N) is 1. The summed E-state index contributed by atoms with van der Waals surface area (Å²) in [7, 11) is 0. The molecule has 1 aromatic carbocycles. The minimum absolute atomic E-state index is 0.0591. The summed E-state index contributed by atoms with van der Waals surface area (Å²) in [6.07, 6.45) is 1.16. The maximum absolute atomic E-state index is 12.1. The quantitative estimate of drug-likeness (QED) is 0.810. The van der Waals surface area contributed by atoms with Crippen molar-refractivity contribution in [3.8, 4) is 0 Å². The highest BCUT2D eigenvalue weighted by atomic mass is 16.1. The van der Waals surface area contributed by atoms with E-state index in [2.05, 4.69) is 17.1 Å². The lowest BCUT2D eigenvalue weighted by Crippen LogP contribution is -2.31. The average Bonchev–Trinajstić information content (AvgIpc) is 2.87. The number of likely N-dealkylation sites (tertiary alicyclic amines) is 1. The van der Waals surface area contributed by atoms with Crippen molar-refractivity contribution in [2.24, 2.45) is 5.92 Å². The molecule has 1 saturated heterocycles. The SMILES string of the molecule is CCN1CCC(CNC(=O)c2cc(C)ccc2N)C1. The van der Waals surface area contributed by atoms with Gasteiger partial charge in [-0.3, -0.25) is 4.79 Å². The van der Waals surface area contributed by atoms with Gasteiger partial charge < -0.3 is 16.0 Å². The Balaban J connectivity index is 1.89. The molecule has 19 heavy (non-hydrogen) atoms. The average molecular weight is 261 g/mol. The Morgan fingerprint density at radius 3 is 3.00 bits per heavy atom. The Labute approximate surface area is 115 Å². The monoisotopic (exact) mass is 261 g/mol. The molecular formula is C15H23N3O. The van der Waals surface area contributed by atoms with E-state index in [0.29, 0.717) is 17.2 Å². The van der Waals surface area contributed by atoms with Crippen LogP contribution in [0.25, 0.3) is 0 Å². The molecule has 0 radical (unpaired) electrons. The van der Waals surface area contributed by atoms with E-state index in [9.17, 15) is 4.79 Å². The molecule has 1 unspecified atom stereocenters. The van der Waals surface area contributed by atoms with E-state index in [-0.39, 0.29) is 5.91 Å². The number of aryl methyl sites for hydroxylation is 1. The summed E-state index contributed by atoms with van der Waals surface area (Å²) < 4.78 is 0. The molecule has 1 aliphatic heterocycles. The van der Waals surface area contributed by atoms with Crippen molar-refractivity contribution in [3.05, 3.63) is 29.3 Å². The van der Waals surface area contributed by atoms with Gasteiger partial charge in [-0.1, -0.05) is 18.6 Å². The van der Waals surface area contributed by atoms with Crippen molar-refractivity contribution in [3.63, 3.8) is 0 Å². The maximum atomic E-state index is 12.1. The molecule has 1 amide bonds. The van der Waals surface area contributed by atoms with Crippen LogP contribution in [0.15, 0.2) is 18.2 Å². The molecule has 4 heteroatoms. The first kappa shape index (κ1) is 13.9. The highest BCUT2D eigenvalue weighted by Gasteiger charge is 2.21. The van der Waals surface area contributed by atoms with Gasteiger partial charge in [-0.2, -0.15) is 0 Å². The van der Waals surface area contributed by atoms with Gasteiger partial charge in [0.2, 0.25) is 0 Å².